The van der Waals surface area contributed by atoms with Gasteiger partial charge in [0.2, 0.25) is 17.7 Å². The van der Waals surface area contributed by atoms with E-state index in [9.17, 15) is 14.4 Å². The van der Waals surface area contributed by atoms with Gasteiger partial charge in [-0.05, 0) is 24.1 Å². The Bertz CT molecular complexity index is 635. The largest absolute Gasteiger partial charge is 0.338 e. The first-order valence-corrected chi connectivity index (χ1v) is 8.28. The van der Waals surface area contributed by atoms with Gasteiger partial charge in [0, 0.05) is 42.4 Å². The van der Waals surface area contributed by atoms with Crippen LogP contribution in [0, 0.1) is 0 Å². The summed E-state index contributed by atoms with van der Waals surface area (Å²) in [5.74, 6) is -0.277. The van der Waals surface area contributed by atoms with Gasteiger partial charge in [-0.1, -0.05) is 29.3 Å². The van der Waals surface area contributed by atoms with Crippen molar-refractivity contribution in [3.8, 4) is 0 Å². The standard InChI is InChI=1S/C16H16Cl2N2O3/c17-12-2-1-3-13(18)11(12)4-5-14(21)19-8-10(9-19)20-15(22)6-7-16(20)23/h1-3,10H,4-9H2. The van der Waals surface area contributed by atoms with Crippen LogP contribution in [0.25, 0.3) is 0 Å². The van der Waals surface area contributed by atoms with Crippen molar-refractivity contribution in [3.05, 3.63) is 33.8 Å². The first-order chi connectivity index (χ1) is 11.0. The average Bonchev–Trinajstić information content (AvgIpc) is 2.77. The van der Waals surface area contributed by atoms with Crippen LogP contribution in [0.15, 0.2) is 18.2 Å². The van der Waals surface area contributed by atoms with E-state index >= 15 is 0 Å². The Hall–Kier alpha value is -1.59. The monoisotopic (exact) mass is 354 g/mol. The third-order valence-corrected chi connectivity index (χ3v) is 5.03. The molecule has 23 heavy (non-hydrogen) atoms. The molecule has 7 heteroatoms. The van der Waals surface area contributed by atoms with E-state index in [1.807, 2.05) is 0 Å². The number of amides is 3. The molecule has 0 atom stereocenters. The predicted octanol–water partition coefficient (Wildman–Crippen LogP) is 2.29. The quantitative estimate of drug-likeness (QED) is 0.779. The molecule has 2 heterocycles. The highest BCUT2D eigenvalue weighted by molar-refractivity contribution is 6.36. The lowest BCUT2D eigenvalue weighted by molar-refractivity contribution is -0.151. The summed E-state index contributed by atoms with van der Waals surface area (Å²) in [4.78, 5) is 38.5. The molecule has 2 fully saturated rings. The molecule has 122 valence electrons. The fraction of sp³-hybridized carbons (Fsp3) is 0.438. The molecule has 1 aromatic rings. The summed E-state index contributed by atoms with van der Waals surface area (Å²) in [6.45, 7) is 0.846. The lowest BCUT2D eigenvalue weighted by Crippen LogP contribution is -2.62. The average molecular weight is 355 g/mol. The van der Waals surface area contributed by atoms with Gasteiger partial charge in [0.15, 0.2) is 0 Å². The van der Waals surface area contributed by atoms with E-state index in [1.54, 1.807) is 23.1 Å². The van der Waals surface area contributed by atoms with Crippen molar-refractivity contribution >= 4 is 40.9 Å². The highest BCUT2D eigenvalue weighted by Crippen LogP contribution is 2.27. The zero-order valence-electron chi connectivity index (χ0n) is 12.4. The van der Waals surface area contributed by atoms with Crippen LogP contribution >= 0.6 is 23.2 Å². The molecular formula is C16H16Cl2N2O3. The molecule has 0 aliphatic carbocycles. The maximum Gasteiger partial charge on any atom is 0.230 e. The lowest BCUT2D eigenvalue weighted by Gasteiger charge is -2.43. The zero-order valence-corrected chi connectivity index (χ0v) is 13.9. The van der Waals surface area contributed by atoms with Crippen LogP contribution in [0.1, 0.15) is 24.8 Å². The Kier molecular flexibility index (Phi) is 4.60. The number of rotatable bonds is 4. The van der Waals surface area contributed by atoms with Crippen LogP contribution < -0.4 is 0 Å². The van der Waals surface area contributed by atoms with Crippen molar-refractivity contribution in [2.45, 2.75) is 31.7 Å². The van der Waals surface area contributed by atoms with Crippen molar-refractivity contribution in [2.75, 3.05) is 13.1 Å². The minimum absolute atomic E-state index is 0.0173. The van der Waals surface area contributed by atoms with E-state index in [0.717, 1.165) is 5.56 Å². The molecule has 0 spiro atoms. The van der Waals surface area contributed by atoms with E-state index in [4.69, 9.17) is 23.2 Å². The minimum Gasteiger partial charge on any atom is -0.338 e. The molecule has 2 aliphatic heterocycles. The van der Waals surface area contributed by atoms with Crippen LogP contribution in [-0.4, -0.2) is 46.7 Å². The van der Waals surface area contributed by atoms with E-state index in [2.05, 4.69) is 0 Å². The van der Waals surface area contributed by atoms with Crippen LogP contribution in [0.4, 0.5) is 0 Å². The molecule has 0 radical (unpaired) electrons. The fourth-order valence-corrected chi connectivity index (χ4v) is 3.57. The molecule has 2 aliphatic rings. The van der Waals surface area contributed by atoms with Gasteiger partial charge in [-0.3, -0.25) is 19.3 Å². The molecule has 5 nitrogen and oxygen atoms in total. The topological polar surface area (TPSA) is 57.7 Å². The van der Waals surface area contributed by atoms with Gasteiger partial charge in [0.05, 0.1) is 6.04 Å². The Morgan fingerprint density at radius 3 is 2.22 bits per heavy atom. The molecule has 3 rings (SSSR count). The zero-order chi connectivity index (χ0) is 16.6. The number of halogens is 2. The lowest BCUT2D eigenvalue weighted by atomic mass is 10.0. The number of imide groups is 1. The SMILES string of the molecule is O=C(CCc1c(Cl)cccc1Cl)N1CC(N2C(=O)CCC2=O)C1. The number of carbonyl (C=O) groups excluding carboxylic acids is 3. The molecule has 0 aromatic heterocycles. The molecular weight excluding hydrogens is 339 g/mol. The molecule has 0 bridgehead atoms. The fourth-order valence-electron chi connectivity index (χ4n) is 2.98. The minimum atomic E-state index is -0.162. The summed E-state index contributed by atoms with van der Waals surface area (Å²) in [6, 6.07) is 5.10. The van der Waals surface area contributed by atoms with Crippen LogP contribution in [-0.2, 0) is 20.8 Å². The Morgan fingerprint density at radius 1 is 1.09 bits per heavy atom. The molecule has 0 N–H and O–H groups in total. The third kappa shape index (κ3) is 3.21. The summed E-state index contributed by atoms with van der Waals surface area (Å²) in [5.41, 5.74) is 0.770. The van der Waals surface area contributed by atoms with Crippen molar-refractivity contribution < 1.29 is 14.4 Å². The van der Waals surface area contributed by atoms with Gasteiger partial charge in [0.1, 0.15) is 0 Å². The molecule has 2 saturated heterocycles. The van der Waals surface area contributed by atoms with Gasteiger partial charge in [0.25, 0.3) is 0 Å². The summed E-state index contributed by atoms with van der Waals surface area (Å²) >= 11 is 12.2. The van der Waals surface area contributed by atoms with E-state index in [-0.39, 0.29) is 36.6 Å². The second-order valence-corrected chi connectivity index (χ2v) is 6.62. The van der Waals surface area contributed by atoms with Gasteiger partial charge in [-0.15, -0.1) is 0 Å². The van der Waals surface area contributed by atoms with E-state index in [0.29, 0.717) is 36.0 Å². The maximum atomic E-state index is 12.2. The second-order valence-electron chi connectivity index (χ2n) is 5.81. The summed E-state index contributed by atoms with van der Waals surface area (Å²) in [7, 11) is 0. The number of benzene rings is 1. The Balaban J connectivity index is 1.51. The van der Waals surface area contributed by atoms with E-state index < -0.39 is 0 Å². The Morgan fingerprint density at radius 2 is 1.65 bits per heavy atom. The number of carbonyl (C=O) groups is 3. The van der Waals surface area contributed by atoms with Gasteiger partial charge in [-0.25, -0.2) is 0 Å². The second kappa shape index (κ2) is 6.49. The van der Waals surface area contributed by atoms with Crippen molar-refractivity contribution in [1.82, 2.24) is 9.80 Å². The number of hydrogen-bond donors (Lipinski definition) is 0. The number of likely N-dealkylation sites (tertiary alicyclic amines) is 2. The molecule has 0 saturated carbocycles. The normalized spacial score (nSPS) is 18.5. The first-order valence-electron chi connectivity index (χ1n) is 7.53. The summed E-state index contributed by atoms with van der Waals surface area (Å²) in [5, 5.41) is 1.11. The first kappa shape index (κ1) is 16.3. The summed E-state index contributed by atoms with van der Waals surface area (Å²) in [6.07, 6.45) is 1.35. The van der Waals surface area contributed by atoms with Crippen LogP contribution in [0.5, 0.6) is 0 Å². The third-order valence-electron chi connectivity index (χ3n) is 4.32. The highest BCUT2D eigenvalue weighted by Gasteiger charge is 2.42. The molecule has 1 aromatic carbocycles. The van der Waals surface area contributed by atoms with Gasteiger partial charge < -0.3 is 4.90 Å². The Labute approximate surface area is 144 Å². The molecule has 3 amide bonds. The molecule has 0 unspecified atom stereocenters. The maximum absolute atomic E-state index is 12.2. The highest BCUT2D eigenvalue weighted by atomic mass is 35.5. The predicted molar refractivity (Wildman–Crippen MR) is 86.2 cm³/mol. The number of hydrogen-bond acceptors (Lipinski definition) is 3. The van der Waals surface area contributed by atoms with Crippen molar-refractivity contribution in [3.63, 3.8) is 0 Å². The van der Waals surface area contributed by atoms with Crippen LogP contribution in [0.2, 0.25) is 10.0 Å². The van der Waals surface area contributed by atoms with Gasteiger partial charge >= 0.3 is 0 Å². The van der Waals surface area contributed by atoms with Gasteiger partial charge in [-0.2, -0.15) is 0 Å². The van der Waals surface area contributed by atoms with Crippen LogP contribution in [0.3, 0.4) is 0 Å². The van der Waals surface area contributed by atoms with Crippen molar-refractivity contribution in [2.24, 2.45) is 0 Å². The number of nitrogens with zero attached hydrogens (tertiary/aromatic N) is 2. The van der Waals surface area contributed by atoms with E-state index in [1.165, 1.54) is 4.90 Å². The summed E-state index contributed by atoms with van der Waals surface area (Å²) < 4.78 is 0. The smallest absolute Gasteiger partial charge is 0.230 e. The van der Waals surface area contributed by atoms with Crippen molar-refractivity contribution in [1.29, 1.82) is 0 Å².